The number of halogens is 1. The van der Waals surface area contributed by atoms with Crippen LogP contribution in [0, 0.1) is 0 Å². The van der Waals surface area contributed by atoms with E-state index in [1.165, 1.54) is 18.4 Å². The summed E-state index contributed by atoms with van der Waals surface area (Å²) in [7, 11) is 0. The third-order valence-corrected chi connectivity index (χ3v) is 4.65. The second-order valence-electron chi connectivity index (χ2n) is 5.47. The van der Waals surface area contributed by atoms with E-state index in [1.54, 1.807) is 0 Å². The molecule has 3 rings (SSSR count). The highest BCUT2D eigenvalue weighted by Gasteiger charge is 2.21. The number of hydrogen-bond donors (Lipinski definition) is 1. The maximum Gasteiger partial charge on any atom is 0.133 e. The van der Waals surface area contributed by atoms with Crippen molar-refractivity contribution in [3.8, 4) is 5.69 Å². The molecule has 1 aromatic carbocycles. The molecule has 1 aromatic heterocycles. The number of anilines is 1. The summed E-state index contributed by atoms with van der Waals surface area (Å²) in [6, 6.07) is 8.22. The molecule has 1 N–H and O–H groups in total. The van der Waals surface area contributed by atoms with Crippen molar-refractivity contribution in [3.63, 3.8) is 0 Å². The lowest BCUT2D eigenvalue weighted by molar-refractivity contribution is 0.150. The van der Waals surface area contributed by atoms with Crippen LogP contribution in [0.4, 0.5) is 5.82 Å². The molecule has 0 saturated carbocycles. The minimum atomic E-state index is 0.732. The van der Waals surface area contributed by atoms with E-state index in [9.17, 15) is 0 Å². The highest BCUT2D eigenvalue weighted by atomic mass is 79.9. The largest absolute Gasteiger partial charge is 0.381 e. The first kappa shape index (κ1) is 15.6. The zero-order valence-corrected chi connectivity index (χ0v) is 14.5. The molecule has 0 spiro atoms. The van der Waals surface area contributed by atoms with Crippen LogP contribution in [-0.4, -0.2) is 29.5 Å². The maximum atomic E-state index is 5.52. The highest BCUT2D eigenvalue weighted by molar-refractivity contribution is 9.10. The number of benzene rings is 1. The van der Waals surface area contributed by atoms with Crippen molar-refractivity contribution in [2.24, 2.45) is 0 Å². The van der Waals surface area contributed by atoms with E-state index in [-0.39, 0.29) is 0 Å². The predicted molar refractivity (Wildman–Crippen MR) is 92.9 cm³/mol. The summed E-state index contributed by atoms with van der Waals surface area (Å²) < 4.78 is 8.63. The Labute approximate surface area is 140 Å². The maximum absolute atomic E-state index is 5.52. The first-order valence-electron chi connectivity index (χ1n) is 7.98. The normalized spacial score (nSPS) is 14.3. The van der Waals surface area contributed by atoms with Gasteiger partial charge in [0.1, 0.15) is 5.82 Å². The van der Waals surface area contributed by atoms with Crippen molar-refractivity contribution in [1.29, 1.82) is 0 Å². The fourth-order valence-electron chi connectivity index (χ4n) is 2.89. The monoisotopic (exact) mass is 363 g/mol. The molecule has 0 bridgehead atoms. The number of ether oxygens (including phenoxy) is 1. The fraction of sp³-hybridized carbons (Fsp3) is 0.471. The van der Waals surface area contributed by atoms with Crippen molar-refractivity contribution in [2.75, 3.05) is 25.1 Å². The average Bonchev–Trinajstić information content (AvgIpc) is 2.71. The van der Waals surface area contributed by atoms with Crippen LogP contribution in [0.5, 0.6) is 0 Å². The van der Waals surface area contributed by atoms with Crippen LogP contribution in [0.25, 0.3) is 5.69 Å². The summed E-state index contributed by atoms with van der Waals surface area (Å²) in [5.74, 6) is 1.15. The van der Waals surface area contributed by atoms with Gasteiger partial charge in [-0.25, -0.2) is 4.68 Å². The lowest BCUT2D eigenvalue weighted by Crippen LogP contribution is -2.07. The van der Waals surface area contributed by atoms with E-state index in [2.05, 4.69) is 33.4 Å². The predicted octanol–water partition coefficient (Wildman–Crippen LogP) is 3.96. The van der Waals surface area contributed by atoms with Gasteiger partial charge >= 0.3 is 0 Å². The Morgan fingerprint density at radius 3 is 3.00 bits per heavy atom. The first-order valence-corrected chi connectivity index (χ1v) is 8.78. The second-order valence-corrected chi connectivity index (χ2v) is 6.32. The van der Waals surface area contributed by atoms with Crippen LogP contribution < -0.4 is 5.32 Å². The topological polar surface area (TPSA) is 39.1 Å². The van der Waals surface area contributed by atoms with Gasteiger partial charge in [-0.1, -0.05) is 12.1 Å². The molecule has 5 heteroatoms. The van der Waals surface area contributed by atoms with Crippen molar-refractivity contribution < 1.29 is 4.74 Å². The molecule has 0 atom stereocenters. The molecule has 2 aromatic rings. The van der Waals surface area contributed by atoms with Gasteiger partial charge in [-0.15, -0.1) is 0 Å². The van der Waals surface area contributed by atoms with Gasteiger partial charge in [-0.3, -0.25) is 0 Å². The third kappa shape index (κ3) is 3.20. The van der Waals surface area contributed by atoms with Crippen LogP contribution >= 0.6 is 15.9 Å². The molecule has 4 nitrogen and oxygen atoms in total. The number of rotatable bonds is 5. The smallest absolute Gasteiger partial charge is 0.133 e. The fourth-order valence-corrected chi connectivity index (χ4v) is 3.34. The van der Waals surface area contributed by atoms with Gasteiger partial charge in [0.15, 0.2) is 0 Å². The summed E-state index contributed by atoms with van der Waals surface area (Å²) in [5, 5.41) is 8.45. The molecule has 22 heavy (non-hydrogen) atoms. The van der Waals surface area contributed by atoms with Crippen LogP contribution in [-0.2, 0) is 17.6 Å². The Hall–Kier alpha value is -1.33. The molecular formula is C17H22BrN3O. The van der Waals surface area contributed by atoms with Crippen molar-refractivity contribution >= 4 is 21.7 Å². The zero-order valence-electron chi connectivity index (χ0n) is 12.9. The quantitative estimate of drug-likeness (QED) is 0.817. The van der Waals surface area contributed by atoms with E-state index in [4.69, 9.17) is 9.84 Å². The van der Waals surface area contributed by atoms with Crippen molar-refractivity contribution in [2.45, 2.75) is 32.6 Å². The SMILES string of the molecule is CCOCCc1nn(-c2ccccc2Br)c2c1CCCCN2. The Morgan fingerprint density at radius 2 is 2.18 bits per heavy atom. The number of fused-ring (bicyclic) bond motifs is 1. The summed E-state index contributed by atoms with van der Waals surface area (Å²) in [6.45, 7) is 4.52. The van der Waals surface area contributed by atoms with E-state index in [0.29, 0.717) is 0 Å². The minimum absolute atomic E-state index is 0.732. The van der Waals surface area contributed by atoms with Crippen LogP contribution in [0.3, 0.4) is 0 Å². The molecule has 0 saturated heterocycles. The van der Waals surface area contributed by atoms with Gasteiger partial charge in [0.05, 0.1) is 18.0 Å². The van der Waals surface area contributed by atoms with Crippen LogP contribution in [0.1, 0.15) is 31.0 Å². The zero-order chi connectivity index (χ0) is 15.4. The Bertz CT molecular complexity index is 639. The van der Waals surface area contributed by atoms with E-state index < -0.39 is 0 Å². The molecule has 0 amide bonds. The Morgan fingerprint density at radius 1 is 1.32 bits per heavy atom. The van der Waals surface area contributed by atoms with Gasteiger partial charge in [0.2, 0.25) is 0 Å². The molecule has 0 radical (unpaired) electrons. The summed E-state index contributed by atoms with van der Waals surface area (Å²) >= 11 is 3.64. The molecule has 1 aliphatic rings. The third-order valence-electron chi connectivity index (χ3n) is 3.98. The standard InChI is InChI=1S/C17H22BrN3O/c1-2-22-12-10-15-13-7-5-6-11-19-17(13)21(20-15)16-9-4-3-8-14(16)18/h3-4,8-9,19H,2,5-7,10-12H2,1H3. The summed E-state index contributed by atoms with van der Waals surface area (Å²) in [5.41, 5.74) is 3.59. The Kier molecular flexibility index (Phi) is 5.16. The number of nitrogens with zero attached hydrogens (tertiary/aromatic N) is 2. The van der Waals surface area contributed by atoms with Gasteiger partial charge < -0.3 is 10.1 Å². The van der Waals surface area contributed by atoms with Crippen LogP contribution in [0.2, 0.25) is 0 Å². The Balaban J connectivity index is 2.01. The number of aromatic nitrogens is 2. The van der Waals surface area contributed by atoms with Gasteiger partial charge in [0, 0.05) is 29.6 Å². The van der Waals surface area contributed by atoms with Crippen molar-refractivity contribution in [1.82, 2.24) is 9.78 Å². The van der Waals surface area contributed by atoms with E-state index in [0.717, 1.165) is 54.3 Å². The van der Waals surface area contributed by atoms with Gasteiger partial charge in [-0.05, 0) is 54.2 Å². The summed E-state index contributed by atoms with van der Waals surface area (Å²) in [4.78, 5) is 0. The number of para-hydroxylation sites is 1. The molecule has 2 heterocycles. The highest BCUT2D eigenvalue weighted by Crippen LogP contribution is 2.31. The minimum Gasteiger partial charge on any atom is -0.381 e. The van der Waals surface area contributed by atoms with Crippen LogP contribution in [0.15, 0.2) is 28.7 Å². The second kappa shape index (κ2) is 7.29. The average molecular weight is 364 g/mol. The molecule has 1 aliphatic heterocycles. The lowest BCUT2D eigenvalue weighted by Gasteiger charge is -2.10. The molecule has 0 unspecified atom stereocenters. The number of hydrogen-bond acceptors (Lipinski definition) is 3. The number of nitrogens with one attached hydrogen (secondary N) is 1. The molecule has 118 valence electrons. The molecular weight excluding hydrogens is 342 g/mol. The molecule has 0 fully saturated rings. The lowest BCUT2D eigenvalue weighted by atomic mass is 10.1. The first-order chi connectivity index (χ1) is 10.8. The molecule has 0 aliphatic carbocycles. The van der Waals surface area contributed by atoms with Gasteiger partial charge in [0.25, 0.3) is 0 Å². The van der Waals surface area contributed by atoms with E-state index in [1.807, 2.05) is 23.7 Å². The van der Waals surface area contributed by atoms with Gasteiger partial charge in [-0.2, -0.15) is 5.10 Å². The van der Waals surface area contributed by atoms with Crippen molar-refractivity contribution in [3.05, 3.63) is 40.0 Å². The summed E-state index contributed by atoms with van der Waals surface area (Å²) in [6.07, 6.45) is 4.38. The van der Waals surface area contributed by atoms with E-state index >= 15 is 0 Å².